The highest BCUT2D eigenvalue weighted by Gasteiger charge is 2.23. The van der Waals surface area contributed by atoms with Gasteiger partial charge in [0.2, 0.25) is 5.91 Å². The highest BCUT2D eigenvalue weighted by molar-refractivity contribution is 7.19. The molecule has 0 aromatic carbocycles. The molecule has 0 aliphatic heterocycles. The molecule has 1 amide bonds. The lowest BCUT2D eigenvalue weighted by atomic mass is 9.96. The van der Waals surface area contributed by atoms with Crippen LogP contribution in [-0.4, -0.2) is 21.0 Å². The van der Waals surface area contributed by atoms with Gasteiger partial charge in [-0.05, 0) is 6.92 Å². The van der Waals surface area contributed by atoms with Crippen molar-refractivity contribution in [1.29, 1.82) is 0 Å². The molecule has 0 unspecified atom stereocenters. The van der Waals surface area contributed by atoms with Gasteiger partial charge in [0, 0.05) is 12.3 Å². The van der Waals surface area contributed by atoms with Crippen LogP contribution in [0.15, 0.2) is 4.52 Å². The minimum absolute atomic E-state index is 0.152. The fourth-order valence-corrected chi connectivity index (χ4v) is 2.35. The normalized spacial score (nSPS) is 11.6. The first-order valence-corrected chi connectivity index (χ1v) is 6.68. The van der Waals surface area contributed by atoms with Crippen LogP contribution in [0.5, 0.6) is 0 Å². The maximum atomic E-state index is 11.0. The summed E-state index contributed by atoms with van der Waals surface area (Å²) in [6.07, 6.45) is 0. The van der Waals surface area contributed by atoms with Crippen molar-refractivity contribution in [3.05, 3.63) is 11.5 Å². The van der Waals surface area contributed by atoms with Gasteiger partial charge in [-0.15, -0.1) is 0 Å². The predicted molar refractivity (Wildman–Crippen MR) is 73.1 cm³/mol. The van der Waals surface area contributed by atoms with Gasteiger partial charge in [-0.2, -0.15) is 4.98 Å². The van der Waals surface area contributed by atoms with Crippen LogP contribution in [0, 0.1) is 6.92 Å². The Morgan fingerprint density at radius 2 is 2.00 bits per heavy atom. The Labute approximate surface area is 115 Å². The summed E-state index contributed by atoms with van der Waals surface area (Å²) in [7, 11) is 0. The van der Waals surface area contributed by atoms with E-state index < -0.39 is 0 Å². The zero-order chi connectivity index (χ0) is 14.2. The average Bonchev–Trinajstić information content (AvgIpc) is 2.82. The predicted octanol–water partition coefficient (Wildman–Crippen LogP) is 2.76. The van der Waals surface area contributed by atoms with E-state index in [1.54, 1.807) is 0 Å². The Balaban J connectivity index is 2.34. The first-order valence-electron chi connectivity index (χ1n) is 5.87. The van der Waals surface area contributed by atoms with Crippen molar-refractivity contribution in [2.24, 2.45) is 0 Å². The third-order valence-corrected chi connectivity index (χ3v) is 3.43. The highest BCUT2D eigenvalue weighted by Crippen LogP contribution is 2.32. The zero-order valence-corrected chi connectivity index (χ0v) is 12.4. The van der Waals surface area contributed by atoms with E-state index in [0.717, 1.165) is 10.6 Å². The number of aromatic nitrogens is 3. The summed E-state index contributed by atoms with van der Waals surface area (Å²) in [5, 5.41) is 7.17. The summed E-state index contributed by atoms with van der Waals surface area (Å²) in [6, 6.07) is 0. The van der Waals surface area contributed by atoms with Gasteiger partial charge < -0.3 is 9.84 Å². The minimum Gasteiger partial charge on any atom is -0.333 e. The molecule has 0 saturated heterocycles. The molecule has 0 spiro atoms. The van der Waals surface area contributed by atoms with Crippen molar-refractivity contribution in [2.75, 3.05) is 5.32 Å². The number of carbonyl (C=O) groups excluding carboxylic acids is 1. The van der Waals surface area contributed by atoms with Gasteiger partial charge >= 0.3 is 0 Å². The van der Waals surface area contributed by atoms with E-state index in [1.165, 1.54) is 18.3 Å². The first kappa shape index (κ1) is 13.7. The molecule has 2 aromatic heterocycles. The monoisotopic (exact) mass is 280 g/mol. The molecule has 0 fully saturated rings. The van der Waals surface area contributed by atoms with Crippen molar-refractivity contribution < 1.29 is 9.32 Å². The van der Waals surface area contributed by atoms with Crippen molar-refractivity contribution in [1.82, 2.24) is 15.1 Å². The summed E-state index contributed by atoms with van der Waals surface area (Å²) in [5.41, 5.74) is 0.596. The van der Waals surface area contributed by atoms with Crippen molar-refractivity contribution in [2.45, 2.75) is 40.0 Å². The summed E-state index contributed by atoms with van der Waals surface area (Å²) in [4.78, 5) is 20.4. The molecule has 0 radical (unpaired) electrons. The Morgan fingerprint density at radius 1 is 1.32 bits per heavy atom. The maximum Gasteiger partial charge on any atom is 0.270 e. The van der Waals surface area contributed by atoms with Crippen LogP contribution in [0.25, 0.3) is 10.8 Å². The summed E-state index contributed by atoms with van der Waals surface area (Å²) in [5.74, 6) is 0.939. The lowest BCUT2D eigenvalue weighted by Crippen LogP contribution is -2.13. The largest absolute Gasteiger partial charge is 0.333 e. The summed E-state index contributed by atoms with van der Waals surface area (Å²) >= 11 is 1.33. The molecule has 0 aliphatic rings. The Kier molecular flexibility index (Phi) is 3.40. The Morgan fingerprint density at radius 3 is 2.53 bits per heavy atom. The number of aryl methyl sites for hydroxylation is 1. The Bertz CT molecular complexity index is 610. The fourth-order valence-electron chi connectivity index (χ4n) is 1.42. The number of carbonyl (C=O) groups is 1. The lowest BCUT2D eigenvalue weighted by Gasteiger charge is -2.10. The molecule has 0 saturated carbocycles. The van der Waals surface area contributed by atoms with Gasteiger partial charge in [-0.1, -0.05) is 37.3 Å². The fraction of sp³-hybridized carbons (Fsp3) is 0.500. The number of rotatable bonds is 2. The third-order valence-electron chi connectivity index (χ3n) is 2.37. The Hall–Kier alpha value is -1.76. The number of hydrogen-bond donors (Lipinski definition) is 1. The lowest BCUT2D eigenvalue weighted by molar-refractivity contribution is -0.114. The molecule has 0 aliphatic carbocycles. The quantitative estimate of drug-likeness (QED) is 0.914. The summed E-state index contributed by atoms with van der Waals surface area (Å²) < 4.78 is 5.27. The smallest absolute Gasteiger partial charge is 0.270 e. The minimum atomic E-state index is -0.166. The maximum absolute atomic E-state index is 11.0. The molecule has 0 bridgehead atoms. The molecule has 2 heterocycles. The molecule has 2 rings (SSSR count). The molecule has 6 nitrogen and oxygen atoms in total. The van der Waals surface area contributed by atoms with Crippen molar-refractivity contribution in [3.63, 3.8) is 0 Å². The average molecular weight is 280 g/mol. The number of nitrogens with one attached hydrogen (secondary N) is 1. The number of anilines is 1. The SMILES string of the molecule is CC(=O)Nc1nc(C)c(-c2nc(C(C)(C)C)no2)s1. The molecule has 1 N–H and O–H groups in total. The van der Waals surface area contributed by atoms with Gasteiger partial charge in [-0.3, -0.25) is 4.79 Å². The van der Waals surface area contributed by atoms with Crippen LogP contribution in [0.3, 0.4) is 0 Å². The highest BCUT2D eigenvalue weighted by atomic mass is 32.1. The van der Waals surface area contributed by atoms with E-state index in [2.05, 4.69) is 20.4 Å². The number of nitrogens with zero attached hydrogens (tertiary/aromatic N) is 3. The third kappa shape index (κ3) is 2.98. The van der Waals surface area contributed by atoms with Crippen molar-refractivity contribution >= 4 is 22.4 Å². The van der Waals surface area contributed by atoms with Crippen LogP contribution in [-0.2, 0) is 10.2 Å². The number of thiazole rings is 1. The topological polar surface area (TPSA) is 80.9 Å². The van der Waals surface area contributed by atoms with E-state index in [9.17, 15) is 4.79 Å². The second-order valence-corrected chi connectivity index (χ2v) is 6.29. The molecule has 7 heteroatoms. The van der Waals surface area contributed by atoms with Gasteiger partial charge in [0.1, 0.15) is 4.88 Å². The van der Waals surface area contributed by atoms with Crippen LogP contribution in [0.2, 0.25) is 0 Å². The van der Waals surface area contributed by atoms with Crippen LogP contribution < -0.4 is 5.32 Å². The van der Waals surface area contributed by atoms with Crippen LogP contribution in [0.4, 0.5) is 5.13 Å². The molecule has 2 aromatic rings. The van der Waals surface area contributed by atoms with Crippen LogP contribution >= 0.6 is 11.3 Å². The number of hydrogen-bond acceptors (Lipinski definition) is 6. The second kappa shape index (κ2) is 4.73. The van der Waals surface area contributed by atoms with E-state index in [4.69, 9.17) is 4.52 Å². The van der Waals surface area contributed by atoms with E-state index in [0.29, 0.717) is 16.8 Å². The van der Waals surface area contributed by atoms with E-state index in [1.807, 2.05) is 27.7 Å². The molecular formula is C12H16N4O2S. The van der Waals surface area contributed by atoms with Gasteiger partial charge in [-0.25, -0.2) is 4.98 Å². The van der Waals surface area contributed by atoms with Gasteiger partial charge in [0.15, 0.2) is 11.0 Å². The molecule has 19 heavy (non-hydrogen) atoms. The molecule has 0 atom stereocenters. The zero-order valence-electron chi connectivity index (χ0n) is 11.6. The standard InChI is InChI=1S/C12H16N4O2S/c1-6-8(19-11(13-6)14-7(2)17)9-15-10(16-18-9)12(3,4)5/h1-5H3,(H,13,14,17). The summed E-state index contributed by atoms with van der Waals surface area (Å²) in [6.45, 7) is 9.34. The molecule has 102 valence electrons. The van der Waals surface area contributed by atoms with E-state index >= 15 is 0 Å². The first-order chi connectivity index (χ1) is 8.77. The van der Waals surface area contributed by atoms with Gasteiger partial charge in [0.25, 0.3) is 5.89 Å². The van der Waals surface area contributed by atoms with E-state index in [-0.39, 0.29) is 11.3 Å². The van der Waals surface area contributed by atoms with Crippen molar-refractivity contribution in [3.8, 4) is 10.8 Å². The van der Waals surface area contributed by atoms with Crippen LogP contribution in [0.1, 0.15) is 39.2 Å². The second-order valence-electron chi connectivity index (χ2n) is 5.29. The number of amides is 1. The molecular weight excluding hydrogens is 264 g/mol. The van der Waals surface area contributed by atoms with Gasteiger partial charge in [0.05, 0.1) is 5.69 Å².